The van der Waals surface area contributed by atoms with Crippen LogP contribution in [0.1, 0.15) is 6.92 Å². The molecule has 1 heterocycles. The molecule has 5 nitrogen and oxygen atoms in total. The summed E-state index contributed by atoms with van der Waals surface area (Å²) >= 11 is 0. The first kappa shape index (κ1) is 14.0. The standard InChI is InChI=1S/C9H16F3N3O2/c1-6-4-17-7(2-13)3-15(6)8(16)14-5-9(10,11)12/h6-7H,2-5,13H2,1H3,(H,14,16). The van der Waals surface area contributed by atoms with Crippen LogP contribution in [0, 0.1) is 0 Å². The third-order valence-corrected chi connectivity index (χ3v) is 2.47. The highest BCUT2D eigenvalue weighted by atomic mass is 19.4. The van der Waals surface area contributed by atoms with Gasteiger partial charge in [0.1, 0.15) is 6.54 Å². The molecule has 0 aromatic heterocycles. The molecule has 2 atom stereocenters. The molecule has 1 aliphatic rings. The number of nitrogens with two attached hydrogens (primary N) is 1. The Hall–Kier alpha value is -1.02. The Labute approximate surface area is 97.1 Å². The predicted octanol–water partition coefficient (Wildman–Crippen LogP) is 0.306. The van der Waals surface area contributed by atoms with Gasteiger partial charge in [-0.05, 0) is 6.92 Å². The van der Waals surface area contributed by atoms with Crippen LogP contribution >= 0.6 is 0 Å². The lowest BCUT2D eigenvalue weighted by atomic mass is 10.2. The van der Waals surface area contributed by atoms with Crippen LogP contribution in [0.25, 0.3) is 0 Å². The number of urea groups is 1. The zero-order valence-corrected chi connectivity index (χ0v) is 9.46. The smallest absolute Gasteiger partial charge is 0.373 e. The largest absolute Gasteiger partial charge is 0.405 e. The first-order chi connectivity index (χ1) is 7.83. The van der Waals surface area contributed by atoms with E-state index in [4.69, 9.17) is 10.5 Å². The van der Waals surface area contributed by atoms with Crippen LogP contribution in [0.2, 0.25) is 0 Å². The van der Waals surface area contributed by atoms with Gasteiger partial charge in [-0.25, -0.2) is 4.79 Å². The summed E-state index contributed by atoms with van der Waals surface area (Å²) in [5.41, 5.74) is 5.39. The second-order valence-corrected chi connectivity index (χ2v) is 3.97. The number of halogens is 3. The normalized spacial score (nSPS) is 25.8. The van der Waals surface area contributed by atoms with E-state index < -0.39 is 18.8 Å². The van der Waals surface area contributed by atoms with Crippen LogP contribution in [0.5, 0.6) is 0 Å². The van der Waals surface area contributed by atoms with Gasteiger partial charge in [-0.3, -0.25) is 0 Å². The summed E-state index contributed by atoms with van der Waals surface area (Å²) in [4.78, 5) is 12.8. The van der Waals surface area contributed by atoms with Crippen LogP contribution in [0.15, 0.2) is 0 Å². The van der Waals surface area contributed by atoms with Gasteiger partial charge in [-0.15, -0.1) is 0 Å². The van der Waals surface area contributed by atoms with E-state index in [0.717, 1.165) is 0 Å². The van der Waals surface area contributed by atoms with E-state index in [1.807, 2.05) is 5.32 Å². The number of hydrogen-bond donors (Lipinski definition) is 2. The van der Waals surface area contributed by atoms with Crippen molar-refractivity contribution in [2.45, 2.75) is 25.2 Å². The van der Waals surface area contributed by atoms with Gasteiger partial charge >= 0.3 is 12.2 Å². The summed E-state index contributed by atoms with van der Waals surface area (Å²) in [5, 5.41) is 1.83. The third kappa shape index (κ3) is 4.39. The zero-order valence-electron chi connectivity index (χ0n) is 9.46. The lowest BCUT2D eigenvalue weighted by Gasteiger charge is -2.37. The van der Waals surface area contributed by atoms with E-state index in [2.05, 4.69) is 0 Å². The summed E-state index contributed by atoms with van der Waals surface area (Å²) in [6.07, 6.45) is -4.72. The Kier molecular flexibility index (Phi) is 4.58. The molecule has 1 rings (SSSR count). The van der Waals surface area contributed by atoms with Gasteiger partial charge in [0.05, 0.1) is 25.3 Å². The number of nitrogens with zero attached hydrogens (tertiary/aromatic N) is 1. The number of morpholine rings is 1. The van der Waals surface area contributed by atoms with E-state index in [1.54, 1.807) is 6.92 Å². The third-order valence-electron chi connectivity index (χ3n) is 2.47. The number of carbonyl (C=O) groups excluding carboxylic acids is 1. The lowest BCUT2D eigenvalue weighted by molar-refractivity contribution is -0.123. The maximum Gasteiger partial charge on any atom is 0.405 e. The van der Waals surface area contributed by atoms with Crippen molar-refractivity contribution in [3.63, 3.8) is 0 Å². The molecule has 0 saturated carbocycles. The van der Waals surface area contributed by atoms with Gasteiger partial charge in [0, 0.05) is 6.54 Å². The molecule has 1 saturated heterocycles. The summed E-state index contributed by atoms with van der Waals surface area (Å²) in [7, 11) is 0. The Morgan fingerprint density at radius 1 is 1.59 bits per heavy atom. The van der Waals surface area contributed by atoms with Crippen molar-refractivity contribution in [3.05, 3.63) is 0 Å². The highest BCUT2D eigenvalue weighted by Gasteiger charge is 2.32. The summed E-state index contributed by atoms with van der Waals surface area (Å²) in [6, 6.07) is -0.998. The molecular weight excluding hydrogens is 239 g/mol. The monoisotopic (exact) mass is 255 g/mol. The van der Waals surface area contributed by atoms with Gasteiger partial charge in [0.25, 0.3) is 0 Å². The van der Waals surface area contributed by atoms with Gasteiger partial charge < -0.3 is 20.7 Å². The molecular formula is C9H16F3N3O2. The van der Waals surface area contributed by atoms with Crippen LogP contribution in [0.4, 0.5) is 18.0 Å². The number of ether oxygens (including phenoxy) is 1. The minimum Gasteiger partial charge on any atom is -0.373 e. The average Bonchev–Trinajstić information content (AvgIpc) is 2.25. The number of amides is 2. The first-order valence-electron chi connectivity index (χ1n) is 5.26. The van der Waals surface area contributed by atoms with E-state index in [9.17, 15) is 18.0 Å². The fraction of sp³-hybridized carbons (Fsp3) is 0.889. The van der Waals surface area contributed by atoms with Crippen molar-refractivity contribution in [2.24, 2.45) is 5.73 Å². The van der Waals surface area contributed by atoms with Crippen LogP contribution < -0.4 is 11.1 Å². The van der Waals surface area contributed by atoms with Crippen molar-refractivity contribution >= 4 is 6.03 Å². The first-order valence-corrected chi connectivity index (χ1v) is 5.26. The second kappa shape index (κ2) is 5.54. The number of rotatable bonds is 2. The van der Waals surface area contributed by atoms with E-state index in [-0.39, 0.29) is 31.8 Å². The number of nitrogens with one attached hydrogen (secondary N) is 1. The molecule has 0 aliphatic carbocycles. The SMILES string of the molecule is CC1COC(CN)CN1C(=O)NCC(F)(F)F. The Morgan fingerprint density at radius 2 is 2.24 bits per heavy atom. The average molecular weight is 255 g/mol. The van der Waals surface area contributed by atoms with E-state index in [1.165, 1.54) is 4.90 Å². The van der Waals surface area contributed by atoms with Crippen molar-refractivity contribution in [1.82, 2.24) is 10.2 Å². The molecule has 0 spiro atoms. The fourth-order valence-electron chi connectivity index (χ4n) is 1.52. The van der Waals surface area contributed by atoms with Gasteiger partial charge in [-0.1, -0.05) is 0 Å². The Bertz CT molecular complexity index is 273. The predicted molar refractivity (Wildman–Crippen MR) is 54.4 cm³/mol. The second-order valence-electron chi connectivity index (χ2n) is 3.97. The lowest BCUT2D eigenvalue weighted by Crippen LogP contribution is -2.56. The fourth-order valence-corrected chi connectivity index (χ4v) is 1.52. The Morgan fingerprint density at radius 3 is 2.76 bits per heavy atom. The maximum atomic E-state index is 11.9. The highest BCUT2D eigenvalue weighted by molar-refractivity contribution is 5.74. The number of carbonyl (C=O) groups is 1. The van der Waals surface area contributed by atoms with E-state index in [0.29, 0.717) is 0 Å². The molecule has 17 heavy (non-hydrogen) atoms. The molecule has 0 aromatic rings. The van der Waals surface area contributed by atoms with Crippen molar-refractivity contribution in [1.29, 1.82) is 0 Å². The highest BCUT2D eigenvalue weighted by Crippen LogP contribution is 2.14. The molecule has 0 aromatic carbocycles. The summed E-state index contributed by atoms with van der Waals surface area (Å²) in [5.74, 6) is 0. The van der Waals surface area contributed by atoms with Gasteiger partial charge in [-0.2, -0.15) is 13.2 Å². The minimum atomic E-state index is -4.40. The van der Waals surface area contributed by atoms with E-state index >= 15 is 0 Å². The molecule has 0 bridgehead atoms. The molecule has 1 fully saturated rings. The Balaban J connectivity index is 2.49. The van der Waals surface area contributed by atoms with Crippen molar-refractivity contribution in [3.8, 4) is 0 Å². The molecule has 3 N–H and O–H groups in total. The number of alkyl halides is 3. The summed E-state index contributed by atoms with van der Waals surface area (Å²) in [6.45, 7) is 1.10. The van der Waals surface area contributed by atoms with Crippen molar-refractivity contribution < 1.29 is 22.7 Å². The van der Waals surface area contributed by atoms with Gasteiger partial charge in [0.15, 0.2) is 0 Å². The zero-order chi connectivity index (χ0) is 13.1. The van der Waals surface area contributed by atoms with Crippen LogP contribution in [-0.2, 0) is 4.74 Å². The molecule has 100 valence electrons. The number of hydrogen-bond acceptors (Lipinski definition) is 3. The quantitative estimate of drug-likeness (QED) is 0.746. The summed E-state index contributed by atoms with van der Waals surface area (Å²) < 4.78 is 41.1. The van der Waals surface area contributed by atoms with Crippen molar-refractivity contribution in [2.75, 3.05) is 26.2 Å². The molecule has 8 heteroatoms. The van der Waals surface area contributed by atoms with Gasteiger partial charge in [0.2, 0.25) is 0 Å². The van der Waals surface area contributed by atoms with Crippen LogP contribution in [-0.4, -0.2) is 55.5 Å². The molecule has 2 unspecified atom stereocenters. The molecule has 2 amide bonds. The topological polar surface area (TPSA) is 67.6 Å². The van der Waals surface area contributed by atoms with Crippen LogP contribution in [0.3, 0.4) is 0 Å². The molecule has 1 aliphatic heterocycles. The minimum absolute atomic E-state index is 0.210. The molecule has 0 radical (unpaired) electrons. The maximum absolute atomic E-state index is 11.9.